The quantitative estimate of drug-likeness (QED) is 0.266. The fraction of sp³-hybridized carbons (Fsp3) is 0.100. The van der Waals surface area contributed by atoms with E-state index in [9.17, 15) is 30.9 Å². The fourth-order valence-electron chi connectivity index (χ4n) is 3.36. The molecule has 0 atom stereocenters. The Hall–Kier alpha value is -2.81. The highest BCUT2D eigenvalue weighted by molar-refractivity contribution is 7.52. The van der Waals surface area contributed by atoms with Crippen molar-refractivity contribution >= 4 is 29.5 Å². The molecule has 0 bridgehead atoms. The number of fused-ring (bicyclic) bond motifs is 3. The molecule has 0 aliphatic rings. The molecule has 0 aliphatic carbocycles. The predicted octanol–water partition coefficient (Wildman–Crippen LogP) is 6.64. The minimum atomic E-state index is -5.94. The summed E-state index contributed by atoms with van der Waals surface area (Å²) in [5.74, 6) is -1.27. The number of alkyl halides is 5. The van der Waals surface area contributed by atoms with Crippen LogP contribution in [0.5, 0.6) is 0 Å². The monoisotopic (exact) mass is 460 g/mol. The van der Waals surface area contributed by atoms with Crippen LogP contribution in [0.4, 0.5) is 26.3 Å². The van der Waals surface area contributed by atoms with Crippen molar-refractivity contribution in [2.75, 3.05) is 0 Å². The van der Waals surface area contributed by atoms with Gasteiger partial charge in [0.05, 0.1) is 5.56 Å². The predicted molar refractivity (Wildman–Crippen MR) is 100 cm³/mol. The third-order valence-electron chi connectivity index (χ3n) is 4.80. The van der Waals surface area contributed by atoms with Gasteiger partial charge < -0.3 is 14.2 Å². The van der Waals surface area contributed by atoms with Gasteiger partial charge in [-0.1, -0.05) is 30.3 Å². The maximum absolute atomic E-state index is 14.6. The number of rotatable bonds is 3. The lowest BCUT2D eigenvalue weighted by atomic mass is 9.97. The summed E-state index contributed by atoms with van der Waals surface area (Å²) < 4.78 is 99.3. The van der Waals surface area contributed by atoms with Gasteiger partial charge in [0.15, 0.2) is 0 Å². The SMILES string of the molecule is O=P(O)(O)C(F)(F)c1ccc(-c2ccc(C(F)(F)F)cc2F)c2oc3ccccc3c12. The van der Waals surface area contributed by atoms with Crippen LogP contribution >= 0.6 is 7.60 Å². The van der Waals surface area contributed by atoms with Gasteiger partial charge in [0.2, 0.25) is 0 Å². The first kappa shape index (κ1) is 21.4. The molecule has 11 heteroatoms. The second-order valence-electron chi connectivity index (χ2n) is 6.74. The molecule has 4 nitrogen and oxygen atoms in total. The van der Waals surface area contributed by atoms with Gasteiger partial charge in [-0.25, -0.2) is 4.39 Å². The van der Waals surface area contributed by atoms with E-state index in [-0.39, 0.29) is 39.1 Å². The molecule has 2 N–H and O–H groups in total. The lowest BCUT2D eigenvalue weighted by molar-refractivity contribution is -0.137. The van der Waals surface area contributed by atoms with Crippen LogP contribution in [0, 0.1) is 5.82 Å². The summed E-state index contributed by atoms with van der Waals surface area (Å²) in [7, 11) is -5.94. The summed E-state index contributed by atoms with van der Waals surface area (Å²) >= 11 is 0. The molecule has 0 saturated carbocycles. The molecule has 0 radical (unpaired) electrons. The second kappa shape index (κ2) is 6.85. The lowest BCUT2D eigenvalue weighted by Gasteiger charge is -2.19. The highest BCUT2D eigenvalue weighted by Crippen LogP contribution is 2.61. The number of hydrogen-bond acceptors (Lipinski definition) is 2. The van der Waals surface area contributed by atoms with Crippen molar-refractivity contribution in [3.8, 4) is 11.1 Å². The second-order valence-corrected chi connectivity index (χ2v) is 8.39. The molecule has 0 saturated heterocycles. The third kappa shape index (κ3) is 3.40. The molecule has 0 amide bonds. The molecule has 4 rings (SSSR count). The van der Waals surface area contributed by atoms with E-state index in [1.807, 2.05) is 0 Å². The van der Waals surface area contributed by atoms with Gasteiger partial charge in [0, 0.05) is 27.5 Å². The van der Waals surface area contributed by atoms with E-state index in [2.05, 4.69) is 0 Å². The molecule has 0 fully saturated rings. The third-order valence-corrected chi connectivity index (χ3v) is 5.78. The van der Waals surface area contributed by atoms with Crippen molar-refractivity contribution in [2.45, 2.75) is 11.8 Å². The lowest BCUT2D eigenvalue weighted by Crippen LogP contribution is -2.14. The summed E-state index contributed by atoms with van der Waals surface area (Å²) in [6.07, 6.45) is -4.79. The molecule has 3 aromatic carbocycles. The van der Waals surface area contributed by atoms with E-state index >= 15 is 0 Å². The van der Waals surface area contributed by atoms with Crippen molar-refractivity contribution in [3.63, 3.8) is 0 Å². The van der Waals surface area contributed by atoms with Gasteiger partial charge in [-0.3, -0.25) is 4.57 Å². The number of para-hydroxylation sites is 1. The van der Waals surface area contributed by atoms with E-state index in [0.717, 1.165) is 12.1 Å². The van der Waals surface area contributed by atoms with Gasteiger partial charge in [0.1, 0.15) is 17.0 Å². The van der Waals surface area contributed by atoms with Gasteiger partial charge >= 0.3 is 19.4 Å². The summed E-state index contributed by atoms with van der Waals surface area (Å²) in [6, 6.07) is 9.12. The Morgan fingerprint density at radius 3 is 2.13 bits per heavy atom. The normalized spacial score (nSPS) is 13.3. The zero-order chi connectivity index (χ0) is 22.8. The molecule has 31 heavy (non-hydrogen) atoms. The van der Waals surface area contributed by atoms with Crippen molar-refractivity contribution in [3.05, 3.63) is 71.5 Å². The average molecular weight is 460 g/mol. The number of benzene rings is 3. The minimum absolute atomic E-state index is 0.0695. The van der Waals surface area contributed by atoms with Crippen LogP contribution in [0.25, 0.3) is 33.1 Å². The summed E-state index contributed by atoms with van der Waals surface area (Å²) in [4.78, 5) is 18.3. The zero-order valence-corrected chi connectivity index (χ0v) is 16.0. The van der Waals surface area contributed by atoms with E-state index in [4.69, 9.17) is 14.2 Å². The van der Waals surface area contributed by atoms with Crippen LogP contribution in [-0.2, 0) is 16.4 Å². The largest absolute Gasteiger partial charge is 0.455 e. The first-order chi connectivity index (χ1) is 14.3. The molecule has 0 spiro atoms. The number of halogens is 6. The molecule has 162 valence electrons. The standard InChI is InChI=1S/C20H11F6O4P/c21-15-9-10(19(22,23)24)5-6-11(15)12-7-8-14(20(25,26)31(27,28)29)17-13-3-1-2-4-16(13)30-18(12)17/h1-9H,(H2,27,28,29). The highest BCUT2D eigenvalue weighted by atomic mass is 31.2. The Kier molecular flexibility index (Phi) is 4.73. The van der Waals surface area contributed by atoms with Gasteiger partial charge in [-0.05, 0) is 24.3 Å². The van der Waals surface area contributed by atoms with E-state index < -0.39 is 36.4 Å². The zero-order valence-electron chi connectivity index (χ0n) is 15.1. The topological polar surface area (TPSA) is 70.7 Å². The fourth-order valence-corrected chi connectivity index (χ4v) is 3.86. The molecular weight excluding hydrogens is 449 g/mol. The summed E-state index contributed by atoms with van der Waals surface area (Å²) in [6.45, 7) is 0. The molecular formula is C20H11F6O4P. The smallest absolute Gasteiger partial charge is 0.416 e. The molecule has 1 heterocycles. The summed E-state index contributed by atoms with van der Waals surface area (Å²) in [5, 5.41) is -0.296. The number of furan rings is 1. The molecule has 1 aromatic heterocycles. The Balaban J connectivity index is 2.07. The van der Waals surface area contributed by atoms with Crippen molar-refractivity contribution in [1.29, 1.82) is 0 Å². The average Bonchev–Trinajstić information content (AvgIpc) is 3.05. The maximum atomic E-state index is 14.6. The molecule has 4 aromatic rings. The van der Waals surface area contributed by atoms with Crippen molar-refractivity contribution in [1.82, 2.24) is 0 Å². The highest BCUT2D eigenvalue weighted by Gasteiger charge is 2.52. The Labute approximate surface area is 169 Å². The minimum Gasteiger partial charge on any atom is -0.455 e. The van der Waals surface area contributed by atoms with Crippen LogP contribution in [0.2, 0.25) is 0 Å². The van der Waals surface area contributed by atoms with Crippen molar-refractivity contribution in [2.24, 2.45) is 0 Å². The number of hydrogen-bond donors (Lipinski definition) is 2. The first-order valence-electron chi connectivity index (χ1n) is 8.57. The van der Waals surface area contributed by atoms with E-state index in [1.54, 1.807) is 0 Å². The maximum Gasteiger partial charge on any atom is 0.416 e. The van der Waals surface area contributed by atoms with E-state index in [1.165, 1.54) is 24.3 Å². The Bertz CT molecular complexity index is 1370. The van der Waals surface area contributed by atoms with Crippen LogP contribution in [0.15, 0.2) is 59.0 Å². The Morgan fingerprint density at radius 1 is 0.871 bits per heavy atom. The van der Waals surface area contributed by atoms with Crippen molar-refractivity contribution < 1.29 is 45.1 Å². The summed E-state index contributed by atoms with van der Waals surface area (Å²) in [5.41, 5.74) is -7.65. The first-order valence-corrected chi connectivity index (χ1v) is 10.2. The van der Waals surface area contributed by atoms with Crippen LogP contribution in [-0.4, -0.2) is 9.79 Å². The van der Waals surface area contributed by atoms with Gasteiger partial charge in [0.25, 0.3) is 0 Å². The van der Waals surface area contributed by atoms with Crippen LogP contribution in [0.1, 0.15) is 11.1 Å². The molecule has 0 aliphatic heterocycles. The molecule has 0 unspecified atom stereocenters. The van der Waals surface area contributed by atoms with E-state index in [0.29, 0.717) is 12.1 Å². The van der Waals surface area contributed by atoms with Gasteiger partial charge in [-0.2, -0.15) is 22.0 Å². The van der Waals surface area contributed by atoms with Gasteiger partial charge in [-0.15, -0.1) is 0 Å². The van der Waals surface area contributed by atoms with Crippen LogP contribution in [0.3, 0.4) is 0 Å². The Morgan fingerprint density at radius 2 is 1.52 bits per heavy atom. The van der Waals surface area contributed by atoms with Crippen LogP contribution < -0.4 is 0 Å².